The molecule has 1 heterocycles. The van der Waals surface area contributed by atoms with Crippen molar-refractivity contribution in [1.29, 1.82) is 0 Å². The van der Waals surface area contributed by atoms with Gasteiger partial charge in [-0.15, -0.1) is 0 Å². The van der Waals surface area contributed by atoms with Gasteiger partial charge in [-0.25, -0.2) is 4.98 Å². The lowest BCUT2D eigenvalue weighted by atomic mass is 10.5. The molecular weight excluding hydrogens is 182 g/mol. The van der Waals surface area contributed by atoms with Crippen LogP contribution in [0.4, 0.5) is 5.82 Å². The van der Waals surface area contributed by atoms with Gasteiger partial charge in [0, 0.05) is 13.2 Å². The van der Waals surface area contributed by atoms with Gasteiger partial charge in [0.15, 0.2) is 5.82 Å². The Morgan fingerprint density at radius 2 is 2.36 bits per heavy atom. The third-order valence-corrected chi connectivity index (χ3v) is 1.39. The molecule has 5 nitrogen and oxygen atoms in total. The van der Waals surface area contributed by atoms with Crippen LogP contribution in [0.15, 0.2) is 18.7 Å². The monoisotopic (exact) mass is 195 g/mol. The van der Waals surface area contributed by atoms with Crippen LogP contribution in [-0.2, 0) is 11.3 Å². The van der Waals surface area contributed by atoms with Gasteiger partial charge in [0.05, 0.1) is 0 Å². The van der Waals surface area contributed by atoms with E-state index < -0.39 is 0 Å². The van der Waals surface area contributed by atoms with Crippen molar-refractivity contribution in [3.05, 3.63) is 24.5 Å². The average Bonchev–Trinajstić information content (AvgIpc) is 2.14. The number of methoxy groups -OCH3 is 1. The van der Waals surface area contributed by atoms with E-state index in [9.17, 15) is 0 Å². The predicted octanol–water partition coefficient (Wildman–Crippen LogP) is 0.770. The summed E-state index contributed by atoms with van der Waals surface area (Å²) < 4.78 is 10.1. The van der Waals surface area contributed by atoms with Crippen LogP contribution in [-0.4, -0.2) is 23.7 Å². The number of nitrogens with two attached hydrogens (primary N) is 1. The highest BCUT2D eigenvalue weighted by atomic mass is 16.5. The number of rotatable bonds is 5. The SMILES string of the molecule is C=CCOc1cc(N)nc(COC)n1. The lowest BCUT2D eigenvalue weighted by Gasteiger charge is -2.05. The summed E-state index contributed by atoms with van der Waals surface area (Å²) in [6, 6.07) is 1.56. The first kappa shape index (κ1) is 10.5. The number of aromatic nitrogens is 2. The fourth-order valence-corrected chi connectivity index (χ4v) is 0.904. The van der Waals surface area contributed by atoms with Crippen LogP contribution in [0.5, 0.6) is 5.88 Å². The van der Waals surface area contributed by atoms with Gasteiger partial charge in [0.25, 0.3) is 0 Å². The zero-order chi connectivity index (χ0) is 10.4. The zero-order valence-electron chi connectivity index (χ0n) is 8.06. The largest absolute Gasteiger partial charge is 0.473 e. The number of hydrogen-bond acceptors (Lipinski definition) is 5. The molecule has 0 atom stereocenters. The van der Waals surface area contributed by atoms with Crippen LogP contribution in [0, 0.1) is 0 Å². The maximum atomic E-state index is 5.55. The van der Waals surface area contributed by atoms with Gasteiger partial charge < -0.3 is 15.2 Å². The molecule has 0 fully saturated rings. The van der Waals surface area contributed by atoms with Crippen molar-refractivity contribution in [1.82, 2.24) is 9.97 Å². The number of hydrogen-bond donors (Lipinski definition) is 1. The molecule has 5 heteroatoms. The summed E-state index contributed by atoms with van der Waals surface area (Å²) in [4.78, 5) is 8.04. The first-order valence-corrected chi connectivity index (χ1v) is 4.12. The quantitative estimate of drug-likeness (QED) is 0.703. The average molecular weight is 195 g/mol. The van der Waals surface area contributed by atoms with E-state index in [0.29, 0.717) is 30.7 Å². The van der Waals surface area contributed by atoms with Crippen molar-refractivity contribution in [2.45, 2.75) is 6.61 Å². The van der Waals surface area contributed by atoms with Crippen LogP contribution in [0.2, 0.25) is 0 Å². The molecule has 0 aliphatic carbocycles. The van der Waals surface area contributed by atoms with Crippen LogP contribution >= 0.6 is 0 Å². The van der Waals surface area contributed by atoms with Gasteiger partial charge in [0.1, 0.15) is 19.0 Å². The van der Waals surface area contributed by atoms with E-state index in [1.807, 2.05) is 0 Å². The Kier molecular flexibility index (Phi) is 3.87. The number of nitrogen functional groups attached to an aromatic ring is 1. The molecule has 1 aromatic heterocycles. The Hall–Kier alpha value is -1.62. The van der Waals surface area contributed by atoms with Crippen LogP contribution in [0.3, 0.4) is 0 Å². The molecule has 0 radical (unpaired) electrons. The highest BCUT2D eigenvalue weighted by Gasteiger charge is 2.02. The third-order valence-electron chi connectivity index (χ3n) is 1.39. The second kappa shape index (κ2) is 5.18. The first-order chi connectivity index (χ1) is 6.76. The van der Waals surface area contributed by atoms with E-state index in [2.05, 4.69) is 16.5 Å². The van der Waals surface area contributed by atoms with Crippen molar-refractivity contribution in [3.63, 3.8) is 0 Å². The van der Waals surface area contributed by atoms with Crippen molar-refractivity contribution in [2.24, 2.45) is 0 Å². The first-order valence-electron chi connectivity index (χ1n) is 4.12. The van der Waals surface area contributed by atoms with Gasteiger partial charge >= 0.3 is 0 Å². The Bertz CT molecular complexity index is 315. The summed E-state index contributed by atoms with van der Waals surface area (Å²) >= 11 is 0. The maximum absolute atomic E-state index is 5.55. The minimum Gasteiger partial charge on any atom is -0.473 e. The highest BCUT2D eigenvalue weighted by molar-refractivity contribution is 5.32. The lowest BCUT2D eigenvalue weighted by Crippen LogP contribution is -2.04. The van der Waals surface area contributed by atoms with E-state index in [0.717, 1.165) is 0 Å². The molecular formula is C9H13N3O2. The summed E-state index contributed by atoms with van der Waals surface area (Å²) in [5.41, 5.74) is 5.55. The standard InChI is InChI=1S/C9H13N3O2/c1-3-4-14-9-5-7(10)11-8(12-9)6-13-2/h3,5H,1,4,6H2,2H3,(H2,10,11,12). The van der Waals surface area contributed by atoms with Gasteiger partial charge in [-0.05, 0) is 0 Å². The summed E-state index contributed by atoms with van der Waals surface area (Å²) in [5.74, 6) is 1.31. The topological polar surface area (TPSA) is 70.3 Å². The molecule has 76 valence electrons. The van der Waals surface area contributed by atoms with E-state index in [-0.39, 0.29) is 0 Å². The second-order valence-corrected chi connectivity index (χ2v) is 2.58. The molecule has 14 heavy (non-hydrogen) atoms. The molecule has 2 N–H and O–H groups in total. The Balaban J connectivity index is 2.77. The molecule has 0 spiro atoms. The maximum Gasteiger partial charge on any atom is 0.219 e. The van der Waals surface area contributed by atoms with Gasteiger partial charge in [0.2, 0.25) is 5.88 Å². The molecule has 0 saturated heterocycles. The molecule has 1 rings (SSSR count). The number of ether oxygens (including phenoxy) is 2. The Morgan fingerprint density at radius 3 is 3.00 bits per heavy atom. The smallest absolute Gasteiger partial charge is 0.219 e. The van der Waals surface area contributed by atoms with Gasteiger partial charge in [-0.2, -0.15) is 4.98 Å². The van der Waals surface area contributed by atoms with Crippen LogP contribution in [0.1, 0.15) is 5.82 Å². The van der Waals surface area contributed by atoms with Gasteiger partial charge in [-0.3, -0.25) is 0 Å². The molecule has 0 amide bonds. The van der Waals surface area contributed by atoms with E-state index >= 15 is 0 Å². The summed E-state index contributed by atoms with van der Waals surface area (Å²) in [6.45, 7) is 4.24. The van der Waals surface area contributed by atoms with Gasteiger partial charge in [-0.1, -0.05) is 12.7 Å². The minimum atomic E-state index is 0.315. The van der Waals surface area contributed by atoms with Crippen LogP contribution < -0.4 is 10.5 Å². The van der Waals surface area contributed by atoms with Crippen molar-refractivity contribution >= 4 is 5.82 Å². The summed E-state index contributed by atoms with van der Waals surface area (Å²) in [7, 11) is 1.57. The minimum absolute atomic E-state index is 0.315. The molecule has 0 aromatic carbocycles. The third kappa shape index (κ3) is 3.02. The Labute approximate surface area is 82.6 Å². The highest BCUT2D eigenvalue weighted by Crippen LogP contribution is 2.11. The molecule has 0 saturated carbocycles. The lowest BCUT2D eigenvalue weighted by molar-refractivity contribution is 0.176. The molecule has 0 aliphatic rings. The second-order valence-electron chi connectivity index (χ2n) is 2.58. The normalized spacial score (nSPS) is 9.79. The molecule has 0 bridgehead atoms. The predicted molar refractivity (Wildman–Crippen MR) is 52.8 cm³/mol. The zero-order valence-corrected chi connectivity index (χ0v) is 8.06. The van der Waals surface area contributed by atoms with Crippen LogP contribution in [0.25, 0.3) is 0 Å². The summed E-state index contributed by atoms with van der Waals surface area (Å²) in [6.07, 6.45) is 1.63. The van der Waals surface area contributed by atoms with E-state index in [4.69, 9.17) is 15.2 Å². The molecule has 0 unspecified atom stereocenters. The number of nitrogens with zero attached hydrogens (tertiary/aromatic N) is 2. The Morgan fingerprint density at radius 1 is 1.57 bits per heavy atom. The number of anilines is 1. The van der Waals surface area contributed by atoms with Crippen molar-refractivity contribution in [2.75, 3.05) is 19.5 Å². The van der Waals surface area contributed by atoms with E-state index in [1.165, 1.54) is 0 Å². The molecule has 0 aliphatic heterocycles. The fraction of sp³-hybridized carbons (Fsp3) is 0.333. The fourth-order valence-electron chi connectivity index (χ4n) is 0.904. The van der Waals surface area contributed by atoms with Crippen molar-refractivity contribution in [3.8, 4) is 5.88 Å². The summed E-state index contributed by atoms with van der Waals surface area (Å²) in [5, 5.41) is 0. The van der Waals surface area contributed by atoms with Crippen molar-refractivity contribution < 1.29 is 9.47 Å². The molecule has 1 aromatic rings. The van der Waals surface area contributed by atoms with E-state index in [1.54, 1.807) is 19.3 Å².